The number of thiazole rings is 1. The molecule has 2 rings (SSSR count). The van der Waals surface area contributed by atoms with Crippen LogP contribution in [-0.4, -0.2) is 29.8 Å². The second kappa shape index (κ2) is 7.66. The molecule has 1 aromatic heterocycles. The van der Waals surface area contributed by atoms with Gasteiger partial charge < -0.3 is 9.84 Å². The number of aliphatic hydroxyl groups excluding tert-OH is 1. The van der Waals surface area contributed by atoms with Crippen molar-refractivity contribution < 1.29 is 14.6 Å². The quantitative estimate of drug-likeness (QED) is 0.878. The van der Waals surface area contributed by atoms with Crippen LogP contribution in [0.2, 0.25) is 0 Å². The zero-order chi connectivity index (χ0) is 14.3. The number of aliphatic hydroxyl groups is 1. The third-order valence-electron chi connectivity index (χ3n) is 2.30. The Hall–Kier alpha value is -1.72. The monoisotopic (exact) mass is 279 g/mol. The van der Waals surface area contributed by atoms with Crippen molar-refractivity contribution in [2.75, 3.05) is 13.7 Å². The van der Waals surface area contributed by atoms with Crippen molar-refractivity contribution in [3.05, 3.63) is 40.2 Å². The van der Waals surface area contributed by atoms with Crippen LogP contribution in [0.25, 0.3) is 11.3 Å². The number of nitrogens with zero attached hydrogens (tertiary/aromatic N) is 1. The largest absolute Gasteiger partial charge is 0.461 e. The maximum absolute atomic E-state index is 11.5. The molecule has 19 heavy (non-hydrogen) atoms. The molecule has 1 heterocycles. The SMILES string of the molecule is CCOC(=O)c1nc(-c2ccc(C)cc2)cs1.CO. The summed E-state index contributed by atoms with van der Waals surface area (Å²) in [6.45, 7) is 4.19. The predicted octanol–water partition coefficient (Wildman–Crippen LogP) is 2.90. The average molecular weight is 279 g/mol. The predicted molar refractivity (Wildman–Crippen MR) is 76.4 cm³/mol. The van der Waals surface area contributed by atoms with Crippen LogP contribution in [-0.2, 0) is 4.74 Å². The molecular weight excluding hydrogens is 262 g/mol. The fourth-order valence-corrected chi connectivity index (χ4v) is 2.14. The standard InChI is InChI=1S/C13H13NO2S.CH4O/c1-3-16-13(15)12-14-11(8-17-12)10-6-4-9(2)5-7-10;1-2/h4-8H,3H2,1-2H3;2H,1H3. The number of hydrogen-bond acceptors (Lipinski definition) is 5. The van der Waals surface area contributed by atoms with Gasteiger partial charge in [0.2, 0.25) is 5.01 Å². The Labute approximate surface area is 116 Å². The maximum atomic E-state index is 11.5. The first-order chi connectivity index (χ1) is 9.20. The molecule has 0 aliphatic rings. The summed E-state index contributed by atoms with van der Waals surface area (Å²) in [6, 6.07) is 8.05. The van der Waals surface area contributed by atoms with Gasteiger partial charge in [0.1, 0.15) is 0 Å². The molecular formula is C14H17NO3S. The molecule has 1 aromatic carbocycles. The van der Waals surface area contributed by atoms with Gasteiger partial charge in [-0.25, -0.2) is 9.78 Å². The fourth-order valence-electron chi connectivity index (χ4n) is 1.42. The van der Waals surface area contributed by atoms with Crippen LogP contribution in [0.1, 0.15) is 22.3 Å². The number of carbonyl (C=O) groups is 1. The van der Waals surface area contributed by atoms with Crippen LogP contribution in [0.15, 0.2) is 29.6 Å². The van der Waals surface area contributed by atoms with Crippen molar-refractivity contribution in [1.29, 1.82) is 0 Å². The summed E-state index contributed by atoms with van der Waals surface area (Å²) in [5, 5.41) is 9.28. The van der Waals surface area contributed by atoms with Gasteiger partial charge in [-0.1, -0.05) is 29.8 Å². The highest BCUT2D eigenvalue weighted by atomic mass is 32.1. The number of carbonyl (C=O) groups excluding carboxylic acids is 1. The molecule has 5 heteroatoms. The van der Waals surface area contributed by atoms with Crippen LogP contribution >= 0.6 is 11.3 Å². The van der Waals surface area contributed by atoms with E-state index < -0.39 is 0 Å². The summed E-state index contributed by atoms with van der Waals surface area (Å²) in [4.78, 5) is 15.7. The van der Waals surface area contributed by atoms with E-state index in [9.17, 15) is 4.79 Å². The molecule has 0 radical (unpaired) electrons. The second-order valence-electron chi connectivity index (χ2n) is 3.62. The molecule has 4 nitrogen and oxygen atoms in total. The zero-order valence-electron chi connectivity index (χ0n) is 11.2. The van der Waals surface area contributed by atoms with E-state index >= 15 is 0 Å². The minimum atomic E-state index is -0.351. The third kappa shape index (κ3) is 4.15. The number of aromatic nitrogens is 1. The smallest absolute Gasteiger partial charge is 0.367 e. The van der Waals surface area contributed by atoms with Crippen molar-refractivity contribution >= 4 is 17.3 Å². The molecule has 0 saturated heterocycles. The minimum Gasteiger partial charge on any atom is -0.461 e. The minimum absolute atomic E-state index is 0.351. The summed E-state index contributed by atoms with van der Waals surface area (Å²) in [6.07, 6.45) is 0. The molecule has 1 N–H and O–H groups in total. The molecule has 0 saturated carbocycles. The van der Waals surface area contributed by atoms with Gasteiger partial charge in [-0.05, 0) is 13.8 Å². The number of ether oxygens (including phenoxy) is 1. The van der Waals surface area contributed by atoms with E-state index in [2.05, 4.69) is 4.98 Å². The molecule has 0 atom stereocenters. The van der Waals surface area contributed by atoms with Gasteiger partial charge in [-0.15, -0.1) is 11.3 Å². The van der Waals surface area contributed by atoms with E-state index in [4.69, 9.17) is 9.84 Å². The lowest BCUT2D eigenvalue weighted by molar-refractivity contribution is 0.0526. The van der Waals surface area contributed by atoms with Gasteiger partial charge in [-0.2, -0.15) is 0 Å². The lowest BCUT2D eigenvalue weighted by Crippen LogP contribution is -2.03. The first-order valence-corrected chi connectivity index (χ1v) is 6.73. The Morgan fingerprint density at radius 3 is 2.53 bits per heavy atom. The second-order valence-corrected chi connectivity index (χ2v) is 4.48. The summed E-state index contributed by atoms with van der Waals surface area (Å²) in [5.41, 5.74) is 3.04. The molecule has 0 aliphatic carbocycles. The summed E-state index contributed by atoms with van der Waals surface area (Å²) >= 11 is 1.31. The zero-order valence-corrected chi connectivity index (χ0v) is 12.0. The van der Waals surface area contributed by atoms with Gasteiger partial charge in [0.15, 0.2) is 0 Å². The molecule has 2 aromatic rings. The Morgan fingerprint density at radius 1 is 1.32 bits per heavy atom. The molecule has 0 bridgehead atoms. The molecule has 102 valence electrons. The van der Waals surface area contributed by atoms with Gasteiger partial charge in [0.05, 0.1) is 12.3 Å². The Bertz CT molecular complexity index is 520. The topological polar surface area (TPSA) is 59.4 Å². The van der Waals surface area contributed by atoms with Crippen molar-refractivity contribution in [2.45, 2.75) is 13.8 Å². The normalized spacial score (nSPS) is 9.47. The molecule has 0 amide bonds. The van der Waals surface area contributed by atoms with Crippen LogP contribution < -0.4 is 0 Å². The van der Waals surface area contributed by atoms with E-state index in [-0.39, 0.29) is 5.97 Å². The van der Waals surface area contributed by atoms with Gasteiger partial charge in [0.25, 0.3) is 0 Å². The van der Waals surface area contributed by atoms with E-state index in [1.54, 1.807) is 6.92 Å². The van der Waals surface area contributed by atoms with Crippen molar-refractivity contribution in [3.63, 3.8) is 0 Å². The van der Waals surface area contributed by atoms with E-state index in [0.717, 1.165) is 18.4 Å². The number of aryl methyl sites for hydroxylation is 1. The number of benzene rings is 1. The molecule has 0 fully saturated rings. The van der Waals surface area contributed by atoms with Crippen molar-refractivity contribution in [1.82, 2.24) is 4.98 Å². The number of esters is 1. The highest BCUT2D eigenvalue weighted by Gasteiger charge is 2.12. The van der Waals surface area contributed by atoms with Crippen LogP contribution in [0, 0.1) is 6.92 Å². The lowest BCUT2D eigenvalue weighted by Gasteiger charge is -1.98. The van der Waals surface area contributed by atoms with E-state index in [1.807, 2.05) is 36.6 Å². The highest BCUT2D eigenvalue weighted by molar-refractivity contribution is 7.11. The van der Waals surface area contributed by atoms with Crippen LogP contribution in [0.5, 0.6) is 0 Å². The van der Waals surface area contributed by atoms with Crippen molar-refractivity contribution in [2.24, 2.45) is 0 Å². The van der Waals surface area contributed by atoms with Crippen LogP contribution in [0.3, 0.4) is 0 Å². The van der Waals surface area contributed by atoms with E-state index in [1.165, 1.54) is 16.9 Å². The van der Waals surface area contributed by atoms with Crippen LogP contribution in [0.4, 0.5) is 0 Å². The fraction of sp³-hybridized carbons (Fsp3) is 0.286. The lowest BCUT2D eigenvalue weighted by atomic mass is 10.1. The number of rotatable bonds is 3. The maximum Gasteiger partial charge on any atom is 0.367 e. The molecule has 0 aliphatic heterocycles. The highest BCUT2D eigenvalue weighted by Crippen LogP contribution is 2.22. The molecule has 0 unspecified atom stereocenters. The summed E-state index contributed by atoms with van der Waals surface area (Å²) in [5.74, 6) is -0.351. The summed E-state index contributed by atoms with van der Waals surface area (Å²) in [7, 11) is 1.00. The van der Waals surface area contributed by atoms with Crippen molar-refractivity contribution in [3.8, 4) is 11.3 Å². The average Bonchev–Trinajstić information content (AvgIpc) is 2.92. The third-order valence-corrected chi connectivity index (χ3v) is 3.12. The Kier molecular flexibility index (Phi) is 6.18. The Balaban J connectivity index is 0.000000861. The molecule has 0 spiro atoms. The number of hydrogen-bond donors (Lipinski definition) is 1. The van der Waals surface area contributed by atoms with Gasteiger partial charge in [0, 0.05) is 18.1 Å². The summed E-state index contributed by atoms with van der Waals surface area (Å²) < 4.78 is 4.91. The Morgan fingerprint density at radius 2 is 1.95 bits per heavy atom. The van der Waals surface area contributed by atoms with E-state index in [0.29, 0.717) is 11.6 Å². The first kappa shape index (κ1) is 15.3. The first-order valence-electron chi connectivity index (χ1n) is 5.85. The van der Waals surface area contributed by atoms with Gasteiger partial charge in [-0.3, -0.25) is 0 Å². The van der Waals surface area contributed by atoms with Gasteiger partial charge >= 0.3 is 5.97 Å².